The van der Waals surface area contributed by atoms with Crippen LogP contribution in [-0.2, 0) is 16.1 Å². The minimum atomic E-state index is -0.248. The highest BCUT2D eigenvalue weighted by Gasteiger charge is 2.54. The molecule has 2 aliphatic heterocycles. The lowest BCUT2D eigenvalue weighted by atomic mass is 9.81. The lowest BCUT2D eigenvalue weighted by Gasteiger charge is -2.50. The molecule has 2 aromatic rings. The Morgan fingerprint density at radius 3 is 3.00 bits per heavy atom. The molecule has 0 radical (unpaired) electrons. The van der Waals surface area contributed by atoms with Crippen molar-refractivity contribution in [3.63, 3.8) is 0 Å². The molecule has 0 aromatic carbocycles. The summed E-state index contributed by atoms with van der Waals surface area (Å²) in [4.78, 5) is 22.7. The van der Waals surface area contributed by atoms with E-state index in [-0.39, 0.29) is 11.5 Å². The number of amides is 1. The number of aryl methyl sites for hydroxylation is 1. The second kappa shape index (κ2) is 7.13. The molecule has 26 heavy (non-hydrogen) atoms. The Labute approximate surface area is 153 Å². The molecule has 2 fully saturated rings. The minimum Gasteiger partial charge on any atom is -0.376 e. The van der Waals surface area contributed by atoms with Crippen molar-refractivity contribution in [1.82, 2.24) is 14.9 Å². The zero-order chi connectivity index (χ0) is 18.0. The fourth-order valence-corrected chi connectivity index (χ4v) is 3.77. The van der Waals surface area contributed by atoms with Gasteiger partial charge in [0.25, 0.3) is 5.91 Å². The average molecular weight is 353 g/mol. The number of carbonyl (C=O) groups excluding carboxylic acids is 1. The molecule has 4 rings (SSSR count). The fraction of sp³-hybridized carbons (Fsp3) is 0.450. The molecule has 1 spiro atoms. The van der Waals surface area contributed by atoms with E-state index in [0.717, 1.165) is 24.2 Å². The van der Waals surface area contributed by atoms with Gasteiger partial charge in [-0.05, 0) is 36.6 Å². The summed E-state index contributed by atoms with van der Waals surface area (Å²) in [5, 5.41) is 0. The first-order chi connectivity index (χ1) is 12.7. The van der Waals surface area contributed by atoms with Gasteiger partial charge in [0.2, 0.25) is 0 Å². The Morgan fingerprint density at radius 2 is 2.23 bits per heavy atom. The number of pyridine rings is 2. The Morgan fingerprint density at radius 1 is 1.35 bits per heavy atom. The number of hydrogen-bond acceptors (Lipinski definition) is 5. The normalized spacial score (nSPS) is 21.0. The SMILES string of the molecule is Cc1cncc(C(=O)N2CC3(C2)OCC[C@@H]3COCc2cccnc2)c1. The lowest BCUT2D eigenvalue weighted by molar-refractivity contribution is -0.129. The van der Waals surface area contributed by atoms with Gasteiger partial charge in [-0.2, -0.15) is 0 Å². The Balaban J connectivity index is 1.32. The van der Waals surface area contributed by atoms with Crippen molar-refractivity contribution < 1.29 is 14.3 Å². The molecule has 4 heterocycles. The molecule has 2 aromatic heterocycles. The molecule has 0 unspecified atom stereocenters. The van der Waals surface area contributed by atoms with Crippen molar-refractivity contribution in [3.8, 4) is 0 Å². The highest BCUT2D eigenvalue weighted by Crippen LogP contribution is 2.40. The summed E-state index contributed by atoms with van der Waals surface area (Å²) >= 11 is 0. The Bertz CT molecular complexity index is 775. The minimum absolute atomic E-state index is 0.0253. The van der Waals surface area contributed by atoms with Crippen molar-refractivity contribution in [1.29, 1.82) is 0 Å². The van der Waals surface area contributed by atoms with E-state index in [1.165, 1.54) is 0 Å². The molecule has 2 aliphatic rings. The number of hydrogen-bond donors (Lipinski definition) is 0. The fourth-order valence-electron chi connectivity index (χ4n) is 3.77. The van der Waals surface area contributed by atoms with Gasteiger partial charge >= 0.3 is 0 Å². The largest absolute Gasteiger partial charge is 0.376 e. The molecule has 0 N–H and O–H groups in total. The molecule has 6 nitrogen and oxygen atoms in total. The summed E-state index contributed by atoms with van der Waals surface area (Å²) in [5.74, 6) is 0.344. The lowest BCUT2D eigenvalue weighted by Crippen LogP contribution is -2.66. The van der Waals surface area contributed by atoms with Crippen LogP contribution >= 0.6 is 0 Å². The standard InChI is InChI=1S/C20H23N3O3/c1-15-7-17(10-22-8-15)19(24)23-13-20(14-23)18(4-6-26-20)12-25-11-16-3-2-5-21-9-16/h2-3,5,7-10,18H,4,6,11-14H2,1H3/t18-/m1/s1. The summed E-state index contributed by atoms with van der Waals surface area (Å²) in [6, 6.07) is 5.80. The molecule has 6 heteroatoms. The second-order valence-electron chi connectivity index (χ2n) is 7.19. The van der Waals surface area contributed by atoms with Gasteiger partial charge in [-0.1, -0.05) is 6.07 Å². The maximum absolute atomic E-state index is 12.6. The number of ether oxygens (including phenoxy) is 2. The number of nitrogens with zero attached hydrogens (tertiary/aromatic N) is 3. The quantitative estimate of drug-likeness (QED) is 0.825. The third kappa shape index (κ3) is 3.34. The van der Waals surface area contributed by atoms with Crippen molar-refractivity contribution >= 4 is 5.91 Å². The number of likely N-dealkylation sites (tertiary alicyclic amines) is 1. The van der Waals surface area contributed by atoms with Crippen LogP contribution in [0.4, 0.5) is 0 Å². The van der Waals surface area contributed by atoms with Crippen LogP contribution in [0.2, 0.25) is 0 Å². The molecule has 1 atom stereocenters. The summed E-state index contributed by atoms with van der Waals surface area (Å²) in [6.45, 7) is 5.12. The maximum atomic E-state index is 12.6. The first-order valence-electron chi connectivity index (χ1n) is 8.98. The van der Waals surface area contributed by atoms with Crippen LogP contribution < -0.4 is 0 Å². The highest BCUT2D eigenvalue weighted by molar-refractivity contribution is 5.94. The van der Waals surface area contributed by atoms with Crippen LogP contribution in [0.5, 0.6) is 0 Å². The van der Waals surface area contributed by atoms with Gasteiger partial charge in [0.05, 0.1) is 31.9 Å². The van der Waals surface area contributed by atoms with Gasteiger partial charge in [0.15, 0.2) is 0 Å². The van der Waals surface area contributed by atoms with Crippen LogP contribution in [0.1, 0.15) is 27.9 Å². The third-order valence-electron chi connectivity index (χ3n) is 5.24. The zero-order valence-electron chi connectivity index (χ0n) is 14.9. The summed E-state index contributed by atoms with van der Waals surface area (Å²) in [6.07, 6.45) is 7.93. The monoisotopic (exact) mass is 353 g/mol. The summed E-state index contributed by atoms with van der Waals surface area (Å²) in [7, 11) is 0. The first-order valence-corrected chi connectivity index (χ1v) is 8.98. The molecule has 1 amide bonds. The smallest absolute Gasteiger partial charge is 0.255 e. The second-order valence-corrected chi connectivity index (χ2v) is 7.19. The van der Waals surface area contributed by atoms with Crippen LogP contribution in [-0.4, -0.2) is 52.7 Å². The van der Waals surface area contributed by atoms with Gasteiger partial charge in [-0.25, -0.2) is 0 Å². The zero-order valence-corrected chi connectivity index (χ0v) is 14.9. The Kier molecular flexibility index (Phi) is 4.70. The molecule has 2 saturated heterocycles. The molecule has 0 aliphatic carbocycles. The van der Waals surface area contributed by atoms with E-state index >= 15 is 0 Å². The van der Waals surface area contributed by atoms with Crippen LogP contribution in [0, 0.1) is 12.8 Å². The topological polar surface area (TPSA) is 64.6 Å². The molecule has 0 bridgehead atoms. The van der Waals surface area contributed by atoms with Gasteiger partial charge in [-0.15, -0.1) is 0 Å². The predicted octanol–water partition coefficient (Wildman–Crippen LogP) is 2.23. The van der Waals surface area contributed by atoms with Gasteiger partial charge < -0.3 is 14.4 Å². The highest BCUT2D eigenvalue weighted by atomic mass is 16.5. The van der Waals surface area contributed by atoms with Crippen LogP contribution in [0.15, 0.2) is 43.0 Å². The van der Waals surface area contributed by atoms with Crippen LogP contribution in [0.25, 0.3) is 0 Å². The van der Waals surface area contributed by atoms with E-state index in [9.17, 15) is 4.79 Å². The summed E-state index contributed by atoms with van der Waals surface area (Å²) in [5.41, 5.74) is 2.45. The van der Waals surface area contributed by atoms with E-state index in [2.05, 4.69) is 9.97 Å². The van der Waals surface area contributed by atoms with E-state index in [1.807, 2.05) is 36.2 Å². The number of rotatable bonds is 5. The molecular formula is C20H23N3O3. The summed E-state index contributed by atoms with van der Waals surface area (Å²) < 4.78 is 11.9. The number of aromatic nitrogens is 2. The van der Waals surface area contributed by atoms with Crippen molar-refractivity contribution in [2.45, 2.75) is 25.6 Å². The van der Waals surface area contributed by atoms with Crippen molar-refractivity contribution in [2.24, 2.45) is 5.92 Å². The predicted molar refractivity (Wildman–Crippen MR) is 95.6 cm³/mol. The third-order valence-corrected chi connectivity index (χ3v) is 5.24. The van der Waals surface area contributed by atoms with Gasteiger partial charge in [-0.3, -0.25) is 14.8 Å². The van der Waals surface area contributed by atoms with Crippen molar-refractivity contribution in [2.75, 3.05) is 26.3 Å². The van der Waals surface area contributed by atoms with E-state index in [4.69, 9.17) is 9.47 Å². The number of carbonyl (C=O) groups is 1. The van der Waals surface area contributed by atoms with E-state index in [0.29, 0.717) is 37.8 Å². The first kappa shape index (κ1) is 17.1. The van der Waals surface area contributed by atoms with Crippen LogP contribution in [0.3, 0.4) is 0 Å². The van der Waals surface area contributed by atoms with Gasteiger partial charge in [0.1, 0.15) is 5.60 Å². The molecule has 0 saturated carbocycles. The average Bonchev–Trinajstić information content (AvgIpc) is 3.05. The Hall–Kier alpha value is -2.31. The van der Waals surface area contributed by atoms with E-state index < -0.39 is 0 Å². The molecular weight excluding hydrogens is 330 g/mol. The van der Waals surface area contributed by atoms with E-state index in [1.54, 1.807) is 18.6 Å². The van der Waals surface area contributed by atoms with Crippen molar-refractivity contribution in [3.05, 3.63) is 59.7 Å². The maximum Gasteiger partial charge on any atom is 0.255 e. The molecule has 136 valence electrons. The van der Waals surface area contributed by atoms with Gasteiger partial charge in [0, 0.05) is 37.3 Å².